The normalized spacial score (nSPS) is 15.5. The van der Waals surface area contributed by atoms with Crippen LogP contribution in [-0.4, -0.2) is 76.6 Å². The molecule has 11 N–H and O–H groups in total. The average molecular weight is 489 g/mol. The average Bonchev–Trinajstić information content (AvgIpc) is 2.72. The number of hydrogen-bond donors (Lipinski definition) is 8. The Morgan fingerprint density at radius 2 is 1.41 bits per heavy atom. The number of carboxylic acid groups (broad SMARTS) is 1. The highest BCUT2D eigenvalue weighted by molar-refractivity contribution is 5.94. The van der Waals surface area contributed by atoms with E-state index >= 15 is 0 Å². The molecule has 0 aromatic heterocycles. The van der Waals surface area contributed by atoms with Gasteiger partial charge in [0, 0.05) is 6.42 Å². The molecule has 34 heavy (non-hydrogen) atoms. The van der Waals surface area contributed by atoms with Gasteiger partial charge in [-0.2, -0.15) is 0 Å². The summed E-state index contributed by atoms with van der Waals surface area (Å²) in [7, 11) is 0. The van der Waals surface area contributed by atoms with Gasteiger partial charge in [-0.05, 0) is 45.1 Å². The minimum Gasteiger partial charge on any atom is -0.480 e. The van der Waals surface area contributed by atoms with Crippen molar-refractivity contribution >= 4 is 29.6 Å². The minimum atomic E-state index is -1.57. The largest absolute Gasteiger partial charge is 0.480 e. The molecule has 0 saturated heterocycles. The quantitative estimate of drug-likeness (QED) is 0.102. The van der Waals surface area contributed by atoms with Crippen LogP contribution in [0.3, 0.4) is 0 Å². The number of rotatable bonds is 17. The molecule has 0 aromatic rings. The highest BCUT2D eigenvalue weighted by Crippen LogP contribution is 2.08. The van der Waals surface area contributed by atoms with E-state index in [-0.39, 0.29) is 25.2 Å². The molecule has 0 aromatic carbocycles. The van der Waals surface area contributed by atoms with Crippen LogP contribution in [0.1, 0.15) is 59.3 Å². The molecule has 0 fully saturated rings. The minimum absolute atomic E-state index is 0.0690. The summed E-state index contributed by atoms with van der Waals surface area (Å²) in [4.78, 5) is 60.7. The Labute approximate surface area is 199 Å². The molecule has 196 valence electrons. The molecule has 0 aliphatic carbocycles. The van der Waals surface area contributed by atoms with E-state index in [2.05, 4.69) is 16.0 Å². The molecular weight excluding hydrogens is 448 g/mol. The van der Waals surface area contributed by atoms with Gasteiger partial charge in [0.05, 0.1) is 12.1 Å². The number of unbranched alkanes of at least 4 members (excludes halogenated alkanes) is 1. The van der Waals surface area contributed by atoms with E-state index in [9.17, 15) is 34.2 Å². The molecule has 0 saturated carbocycles. The zero-order valence-corrected chi connectivity index (χ0v) is 20.1. The van der Waals surface area contributed by atoms with Gasteiger partial charge in [-0.25, -0.2) is 4.79 Å². The number of aliphatic carboxylic acids is 1. The molecule has 0 heterocycles. The second-order valence-corrected chi connectivity index (χ2v) is 8.71. The number of amides is 4. The highest BCUT2D eigenvalue weighted by atomic mass is 16.4. The van der Waals surface area contributed by atoms with Crippen LogP contribution in [0.2, 0.25) is 0 Å². The Hall–Kier alpha value is -2.77. The van der Waals surface area contributed by atoms with Crippen LogP contribution in [0.25, 0.3) is 0 Å². The molecule has 13 heteroatoms. The van der Waals surface area contributed by atoms with Crippen molar-refractivity contribution in [1.82, 2.24) is 16.0 Å². The van der Waals surface area contributed by atoms with E-state index in [1.54, 1.807) is 13.8 Å². The fraction of sp³-hybridized carbons (Fsp3) is 0.762. The third-order valence-corrected chi connectivity index (χ3v) is 5.00. The zero-order valence-electron chi connectivity index (χ0n) is 20.1. The zero-order chi connectivity index (χ0) is 26.4. The topological polar surface area (TPSA) is 240 Å². The first-order valence-corrected chi connectivity index (χ1v) is 11.4. The number of carbonyl (C=O) groups excluding carboxylic acids is 4. The molecule has 13 nitrogen and oxygen atoms in total. The molecule has 0 rings (SSSR count). The molecule has 0 spiro atoms. The van der Waals surface area contributed by atoms with Gasteiger partial charge in [-0.3, -0.25) is 19.2 Å². The lowest BCUT2D eigenvalue weighted by molar-refractivity contribution is -0.145. The van der Waals surface area contributed by atoms with Crippen LogP contribution in [-0.2, 0) is 24.0 Å². The van der Waals surface area contributed by atoms with Crippen LogP contribution < -0.4 is 33.2 Å². The lowest BCUT2D eigenvalue weighted by atomic mass is 10.0. The second-order valence-electron chi connectivity index (χ2n) is 8.71. The van der Waals surface area contributed by atoms with Gasteiger partial charge in [0.15, 0.2) is 6.04 Å². The first kappa shape index (κ1) is 31.2. The summed E-state index contributed by atoms with van der Waals surface area (Å²) in [5.74, 6) is -4.36. The Balaban J connectivity index is 5.48. The van der Waals surface area contributed by atoms with Gasteiger partial charge in [-0.15, -0.1) is 0 Å². The molecular formula is C21H40N6O7. The molecule has 0 bridgehead atoms. The summed E-state index contributed by atoms with van der Waals surface area (Å²) in [5.41, 5.74) is 16.5. The predicted octanol–water partition coefficient (Wildman–Crippen LogP) is -2.33. The van der Waals surface area contributed by atoms with E-state index in [1.807, 2.05) is 0 Å². The first-order valence-electron chi connectivity index (χ1n) is 11.4. The van der Waals surface area contributed by atoms with Crippen LogP contribution in [0.4, 0.5) is 0 Å². The number of hydrogen-bond acceptors (Lipinski definition) is 8. The van der Waals surface area contributed by atoms with Crippen molar-refractivity contribution in [3.05, 3.63) is 0 Å². The van der Waals surface area contributed by atoms with Crippen molar-refractivity contribution in [2.45, 2.75) is 89.6 Å². The number of carboxylic acids is 1. The second kappa shape index (κ2) is 16.0. The maximum absolute atomic E-state index is 12.9. The Bertz CT molecular complexity index is 701. The van der Waals surface area contributed by atoms with Gasteiger partial charge in [0.1, 0.15) is 12.1 Å². The summed E-state index contributed by atoms with van der Waals surface area (Å²) < 4.78 is 0. The summed E-state index contributed by atoms with van der Waals surface area (Å²) in [5, 5.41) is 26.0. The van der Waals surface area contributed by atoms with E-state index in [1.165, 1.54) is 6.92 Å². The third kappa shape index (κ3) is 12.5. The van der Waals surface area contributed by atoms with Gasteiger partial charge in [0.25, 0.3) is 0 Å². The summed E-state index contributed by atoms with van der Waals surface area (Å²) in [6.45, 7) is 5.25. The van der Waals surface area contributed by atoms with Crippen LogP contribution in [0, 0.1) is 5.92 Å². The lowest BCUT2D eigenvalue weighted by Crippen LogP contribution is -2.58. The van der Waals surface area contributed by atoms with E-state index < -0.39 is 59.9 Å². The number of aliphatic hydroxyl groups excluding tert-OH is 1. The van der Waals surface area contributed by atoms with Gasteiger partial charge in [-0.1, -0.05) is 20.3 Å². The van der Waals surface area contributed by atoms with Crippen molar-refractivity contribution in [3.63, 3.8) is 0 Å². The molecule has 5 atom stereocenters. The van der Waals surface area contributed by atoms with Crippen molar-refractivity contribution in [2.24, 2.45) is 23.1 Å². The Morgan fingerprint density at radius 1 is 0.853 bits per heavy atom. The van der Waals surface area contributed by atoms with Crippen LogP contribution >= 0.6 is 0 Å². The van der Waals surface area contributed by atoms with E-state index in [0.717, 1.165) is 0 Å². The van der Waals surface area contributed by atoms with Crippen molar-refractivity contribution in [3.8, 4) is 0 Å². The smallest absolute Gasteiger partial charge is 0.328 e. The Morgan fingerprint density at radius 3 is 1.88 bits per heavy atom. The number of primary amides is 1. The fourth-order valence-corrected chi connectivity index (χ4v) is 3.09. The predicted molar refractivity (Wildman–Crippen MR) is 124 cm³/mol. The summed E-state index contributed by atoms with van der Waals surface area (Å²) >= 11 is 0. The maximum atomic E-state index is 12.9. The van der Waals surface area contributed by atoms with Crippen molar-refractivity contribution in [1.29, 1.82) is 0 Å². The van der Waals surface area contributed by atoms with E-state index in [0.29, 0.717) is 25.8 Å². The standard InChI is InChI=1S/C21H40N6O7/c1-11(2)10-15(20(32)27-17(12(3)28)21(33)34)26-19(31)14(7-8-16(24)29)25-18(30)13(23)6-4-5-9-22/h11-15,17,28H,4-10,22-23H2,1-3H3,(H2,24,29)(H,25,30)(H,26,31)(H,27,32)(H,33,34). The molecule has 5 unspecified atom stereocenters. The van der Waals surface area contributed by atoms with Crippen LogP contribution in [0.5, 0.6) is 0 Å². The fourth-order valence-electron chi connectivity index (χ4n) is 3.09. The Kier molecular flexibility index (Phi) is 14.7. The summed E-state index contributed by atoms with van der Waals surface area (Å²) in [6.07, 6.45) is 0.103. The SMILES string of the molecule is CC(C)CC(NC(=O)C(CCC(N)=O)NC(=O)C(N)CCCCN)C(=O)NC(C(=O)O)C(C)O. The number of aliphatic hydroxyl groups is 1. The molecule has 0 radical (unpaired) electrons. The molecule has 0 aliphatic rings. The van der Waals surface area contributed by atoms with Crippen molar-refractivity contribution < 1.29 is 34.2 Å². The summed E-state index contributed by atoms with van der Waals surface area (Å²) in [6, 6.07) is -4.82. The van der Waals surface area contributed by atoms with Gasteiger partial charge in [0.2, 0.25) is 23.6 Å². The number of nitrogens with one attached hydrogen (secondary N) is 3. The third-order valence-electron chi connectivity index (χ3n) is 5.00. The maximum Gasteiger partial charge on any atom is 0.328 e. The monoisotopic (exact) mass is 488 g/mol. The molecule has 0 aliphatic heterocycles. The first-order chi connectivity index (χ1) is 15.8. The molecule has 4 amide bonds. The number of nitrogens with two attached hydrogens (primary N) is 3. The van der Waals surface area contributed by atoms with Crippen LogP contribution in [0.15, 0.2) is 0 Å². The highest BCUT2D eigenvalue weighted by Gasteiger charge is 2.32. The lowest BCUT2D eigenvalue weighted by Gasteiger charge is -2.26. The number of carbonyl (C=O) groups is 5. The van der Waals surface area contributed by atoms with Crippen molar-refractivity contribution in [2.75, 3.05) is 6.54 Å². The van der Waals surface area contributed by atoms with Gasteiger partial charge >= 0.3 is 5.97 Å². The van der Waals surface area contributed by atoms with E-state index in [4.69, 9.17) is 17.2 Å². The van der Waals surface area contributed by atoms with Gasteiger partial charge < -0.3 is 43.4 Å².